The first kappa shape index (κ1) is 35.6. The summed E-state index contributed by atoms with van der Waals surface area (Å²) in [5, 5.41) is 1.96. The van der Waals surface area contributed by atoms with Gasteiger partial charge >= 0.3 is 0 Å². The number of fused-ring (bicyclic) bond motifs is 4. The smallest absolute Gasteiger partial charge is 0.147 e. The van der Waals surface area contributed by atoms with Gasteiger partial charge in [-0.2, -0.15) is 0 Å². The minimum Gasteiger partial charge on any atom is -0.497 e. The van der Waals surface area contributed by atoms with Gasteiger partial charge in [-0.25, -0.2) is 9.98 Å². The van der Waals surface area contributed by atoms with Gasteiger partial charge < -0.3 is 9.72 Å². The van der Waals surface area contributed by atoms with Gasteiger partial charge in [0.1, 0.15) is 11.2 Å². The zero-order valence-corrected chi connectivity index (χ0v) is 34.3. The third-order valence-electron chi connectivity index (χ3n) is 12.1. The van der Waals surface area contributed by atoms with Crippen molar-refractivity contribution in [3.63, 3.8) is 0 Å². The normalized spacial score (nSPS) is 14.4. The first-order chi connectivity index (χ1) is 29.3. The van der Waals surface area contributed by atoms with E-state index in [1.807, 2.05) is 0 Å². The van der Waals surface area contributed by atoms with Gasteiger partial charge in [0.05, 0.1) is 35.4 Å². The number of aryl methyl sites for hydroxylation is 4. The van der Waals surface area contributed by atoms with Crippen molar-refractivity contribution in [3.8, 4) is 16.9 Å². The predicted molar refractivity (Wildman–Crippen MR) is 245 cm³/mol. The molecule has 11 rings (SSSR count). The van der Waals surface area contributed by atoms with Crippen LogP contribution in [-0.2, 0) is 0 Å². The number of hydrogen-bond acceptors (Lipinski definition) is 3. The standard InChI is InChI=1S/C55H42N4O/c1-32-6-14-36(15-7-32)48-42-26-28-44(56-42)49(37-16-8-33(2)9-17-37)46-30-31-47-51(39-20-12-35(4)13-21-39)53-52(40-22-24-41(60-5)25-23-40)54(58-55(53)59(46)47)50(45-29-27-43(48)57-45)38-18-10-34(3)11-19-38/h6-31,57H,1-5H3. The average Bonchev–Trinajstić information content (AvgIpc) is 4.11. The van der Waals surface area contributed by atoms with Gasteiger partial charge in [0, 0.05) is 44.1 Å². The Kier molecular flexibility index (Phi) is 8.21. The Labute approximate surface area is 349 Å². The maximum Gasteiger partial charge on any atom is 0.147 e. The Morgan fingerprint density at radius 2 is 0.950 bits per heavy atom. The number of benzene rings is 5. The maximum absolute atomic E-state index is 5.85. The van der Waals surface area contributed by atoms with Crippen molar-refractivity contribution < 1.29 is 4.74 Å². The Hall–Kier alpha value is -7.50. The number of rotatable bonds is 6. The first-order valence-corrected chi connectivity index (χ1v) is 20.5. The quantitative estimate of drug-likeness (QED) is 0.180. The molecule has 3 aromatic heterocycles. The zero-order valence-electron chi connectivity index (χ0n) is 34.3. The molecule has 0 fully saturated rings. The molecule has 3 aliphatic heterocycles. The number of aromatic amines is 1. The van der Waals surface area contributed by atoms with Crippen LogP contribution < -0.4 is 20.9 Å². The number of nitrogens with zero attached hydrogens (tertiary/aromatic N) is 3. The van der Waals surface area contributed by atoms with E-state index in [0.29, 0.717) is 0 Å². The van der Waals surface area contributed by atoms with E-state index < -0.39 is 0 Å². The van der Waals surface area contributed by atoms with Gasteiger partial charge in [-0.05, 0) is 104 Å². The second-order valence-corrected chi connectivity index (χ2v) is 16.2. The van der Waals surface area contributed by atoms with E-state index in [9.17, 15) is 0 Å². The summed E-state index contributed by atoms with van der Waals surface area (Å²) in [6.45, 7) is 8.54. The highest BCUT2D eigenvalue weighted by atomic mass is 16.5. The third-order valence-corrected chi connectivity index (χ3v) is 12.1. The van der Waals surface area contributed by atoms with Crippen LogP contribution in [0.2, 0.25) is 0 Å². The minimum absolute atomic E-state index is 0.806. The Bertz CT molecular complexity index is 3370. The van der Waals surface area contributed by atoms with Crippen LogP contribution in [0.15, 0.2) is 179 Å². The van der Waals surface area contributed by atoms with Gasteiger partial charge in [0.2, 0.25) is 0 Å². The van der Waals surface area contributed by atoms with Crippen molar-refractivity contribution >= 4 is 33.5 Å². The van der Waals surface area contributed by atoms with Crippen LogP contribution >= 0.6 is 0 Å². The third kappa shape index (κ3) is 5.69. The number of methoxy groups -OCH3 is 1. The van der Waals surface area contributed by atoms with E-state index in [0.717, 1.165) is 111 Å². The second-order valence-electron chi connectivity index (χ2n) is 16.2. The molecule has 5 heteroatoms. The molecule has 0 aliphatic carbocycles. The lowest BCUT2D eigenvalue weighted by Crippen LogP contribution is -2.20. The summed E-state index contributed by atoms with van der Waals surface area (Å²) in [6, 6.07) is 52.7. The van der Waals surface area contributed by atoms with E-state index in [-0.39, 0.29) is 0 Å². The lowest BCUT2D eigenvalue weighted by atomic mass is 9.89. The zero-order chi connectivity index (χ0) is 40.6. The van der Waals surface area contributed by atoms with Crippen LogP contribution in [-0.4, -0.2) is 22.2 Å². The van der Waals surface area contributed by atoms with Crippen LogP contribution in [0.1, 0.15) is 55.8 Å². The summed E-state index contributed by atoms with van der Waals surface area (Å²) in [6.07, 6.45) is 4.35. The average molecular weight is 775 g/mol. The molecule has 5 aromatic carbocycles. The molecule has 1 N–H and O–H groups in total. The number of H-pyrrole nitrogens is 1. The van der Waals surface area contributed by atoms with Crippen molar-refractivity contribution in [2.45, 2.75) is 27.7 Å². The minimum atomic E-state index is 0.806. The van der Waals surface area contributed by atoms with Gasteiger partial charge in [-0.3, -0.25) is 4.40 Å². The number of allylic oxidation sites excluding steroid dienone is 3. The molecule has 0 unspecified atom stereocenters. The number of nitrogens with one attached hydrogen (secondary N) is 1. The molecule has 0 amide bonds. The molecule has 6 bridgehead atoms. The van der Waals surface area contributed by atoms with E-state index in [1.54, 1.807) is 7.11 Å². The number of aromatic nitrogens is 2. The first-order valence-electron chi connectivity index (χ1n) is 20.5. The maximum atomic E-state index is 5.85. The summed E-state index contributed by atoms with van der Waals surface area (Å²) < 4.78 is 8.07. The summed E-state index contributed by atoms with van der Waals surface area (Å²) in [4.78, 5) is 15.3. The van der Waals surface area contributed by atoms with Crippen molar-refractivity contribution in [2.24, 2.45) is 9.98 Å². The molecule has 8 aromatic rings. The highest BCUT2D eigenvalue weighted by molar-refractivity contribution is 6.30. The molecule has 5 nitrogen and oxygen atoms in total. The van der Waals surface area contributed by atoms with Gasteiger partial charge in [0.15, 0.2) is 0 Å². The molecule has 60 heavy (non-hydrogen) atoms. The highest BCUT2D eigenvalue weighted by Gasteiger charge is 2.33. The largest absolute Gasteiger partial charge is 0.497 e. The van der Waals surface area contributed by atoms with Gasteiger partial charge in [0.25, 0.3) is 0 Å². The lowest BCUT2D eigenvalue weighted by Gasteiger charge is -2.15. The van der Waals surface area contributed by atoms with Crippen molar-refractivity contribution in [3.05, 3.63) is 241 Å². The summed E-state index contributed by atoms with van der Waals surface area (Å²) in [7, 11) is 1.72. The number of aliphatic imine (C=N–C) groups is 1. The number of ether oxygens (including phenoxy) is 1. The molecular weight excluding hydrogens is 733 g/mol. The topological polar surface area (TPSA) is 54.1 Å². The highest BCUT2D eigenvalue weighted by Crippen LogP contribution is 2.45. The molecular formula is C55H42N4O. The van der Waals surface area contributed by atoms with Crippen LogP contribution in [0, 0.1) is 27.7 Å². The Balaban J connectivity index is 1.36. The fourth-order valence-corrected chi connectivity index (χ4v) is 9.04. The van der Waals surface area contributed by atoms with Crippen LogP contribution in [0.5, 0.6) is 5.75 Å². The van der Waals surface area contributed by atoms with Crippen LogP contribution in [0.3, 0.4) is 0 Å². The van der Waals surface area contributed by atoms with E-state index in [4.69, 9.17) is 14.7 Å². The van der Waals surface area contributed by atoms with E-state index in [1.165, 1.54) is 22.3 Å². The number of hydrogen-bond donors (Lipinski definition) is 1. The summed E-state index contributed by atoms with van der Waals surface area (Å²) >= 11 is 0. The molecule has 288 valence electrons. The van der Waals surface area contributed by atoms with Crippen LogP contribution in [0.4, 0.5) is 0 Å². The van der Waals surface area contributed by atoms with Gasteiger partial charge in [-0.1, -0.05) is 131 Å². The SMILES string of the molecule is COc1ccc(C2=C3N=c4c2c(-c2ccc(C)cc2)c2ccc(n42)C(c2ccc(C)cc2)=C2C=CC(=N2)C(c2ccc(C)cc2)=c2ccc([nH]2)=C3c2ccc(C)cc2)cc1. The summed E-state index contributed by atoms with van der Waals surface area (Å²) in [5.74, 6) is 0.806. The molecule has 3 aliphatic rings. The van der Waals surface area contributed by atoms with Gasteiger partial charge in [-0.15, -0.1) is 0 Å². The monoisotopic (exact) mass is 774 g/mol. The fourth-order valence-electron chi connectivity index (χ4n) is 9.04. The molecule has 6 heterocycles. The molecule has 0 spiro atoms. The second kappa shape index (κ2) is 13.8. The van der Waals surface area contributed by atoms with Crippen LogP contribution in [0.25, 0.3) is 38.9 Å². The van der Waals surface area contributed by atoms with Crippen molar-refractivity contribution in [1.29, 1.82) is 0 Å². The Morgan fingerprint density at radius 3 is 1.53 bits per heavy atom. The fraction of sp³-hybridized carbons (Fsp3) is 0.0909. The molecule has 0 radical (unpaired) electrons. The molecule has 0 saturated heterocycles. The lowest BCUT2D eigenvalue weighted by molar-refractivity contribution is 0.415. The van der Waals surface area contributed by atoms with Crippen molar-refractivity contribution in [2.75, 3.05) is 7.11 Å². The molecule has 0 saturated carbocycles. The van der Waals surface area contributed by atoms with E-state index in [2.05, 4.69) is 195 Å². The predicted octanol–water partition coefficient (Wildman–Crippen LogP) is 10.2. The van der Waals surface area contributed by atoms with Crippen molar-refractivity contribution in [1.82, 2.24) is 9.38 Å². The Morgan fingerprint density at radius 1 is 0.450 bits per heavy atom. The molecule has 0 atom stereocenters. The summed E-state index contributed by atoms with van der Waals surface area (Å²) in [5.41, 5.74) is 22.5. The van der Waals surface area contributed by atoms with E-state index >= 15 is 0 Å².